The lowest BCUT2D eigenvalue weighted by molar-refractivity contribution is 0.542. The molecule has 0 radical (unpaired) electrons. The Morgan fingerprint density at radius 2 is 2.06 bits per heavy atom. The van der Waals surface area contributed by atoms with Gasteiger partial charge in [0, 0.05) is 6.04 Å². The van der Waals surface area contributed by atoms with Crippen LogP contribution < -0.4 is 5.73 Å². The highest BCUT2D eigenvalue weighted by Crippen LogP contribution is 2.33. The van der Waals surface area contributed by atoms with Crippen molar-refractivity contribution in [3.63, 3.8) is 0 Å². The van der Waals surface area contributed by atoms with Crippen LogP contribution in [-0.4, -0.2) is 21.0 Å². The molecule has 4 heteroatoms. The molecule has 3 rings (SSSR count). The Bertz CT molecular complexity index is 502. The lowest BCUT2D eigenvalue weighted by atomic mass is 10.1. The fraction of sp³-hybridized carbons (Fsp3) is 0.429. The van der Waals surface area contributed by atoms with Crippen molar-refractivity contribution in [3.8, 4) is 5.69 Å². The molecule has 1 aliphatic carbocycles. The van der Waals surface area contributed by atoms with E-state index in [4.69, 9.17) is 5.73 Å². The Morgan fingerprint density at radius 3 is 2.78 bits per heavy atom. The average Bonchev–Trinajstić information content (AvgIpc) is 3.16. The van der Waals surface area contributed by atoms with Crippen LogP contribution in [0.3, 0.4) is 0 Å². The molecule has 2 aromatic rings. The molecule has 18 heavy (non-hydrogen) atoms. The summed E-state index contributed by atoms with van der Waals surface area (Å²) in [4.78, 5) is 0. The molecule has 1 saturated carbocycles. The molecular formula is C14H18N4. The summed E-state index contributed by atoms with van der Waals surface area (Å²) < 4.78 is 1.90. The standard InChI is InChI=1S/C14H18N4/c15-14(11-6-7-11)9-8-13-10-16-17-18(13)12-4-2-1-3-5-12/h1-5,10-11,14H,6-9,15H2. The van der Waals surface area contributed by atoms with Crippen molar-refractivity contribution in [2.75, 3.05) is 0 Å². The van der Waals surface area contributed by atoms with E-state index in [2.05, 4.69) is 10.3 Å². The van der Waals surface area contributed by atoms with E-state index in [1.165, 1.54) is 12.8 Å². The van der Waals surface area contributed by atoms with Gasteiger partial charge in [0.15, 0.2) is 0 Å². The fourth-order valence-corrected chi connectivity index (χ4v) is 2.29. The van der Waals surface area contributed by atoms with Gasteiger partial charge in [0.05, 0.1) is 17.6 Å². The molecule has 1 atom stereocenters. The number of aryl methyl sites for hydroxylation is 1. The Kier molecular flexibility index (Phi) is 3.11. The van der Waals surface area contributed by atoms with Crippen molar-refractivity contribution in [3.05, 3.63) is 42.2 Å². The number of aromatic nitrogens is 3. The van der Waals surface area contributed by atoms with Gasteiger partial charge in [0.25, 0.3) is 0 Å². The first-order valence-electron chi connectivity index (χ1n) is 6.55. The van der Waals surface area contributed by atoms with Crippen molar-refractivity contribution in [2.24, 2.45) is 11.7 Å². The van der Waals surface area contributed by atoms with Crippen LogP contribution in [0.1, 0.15) is 25.0 Å². The van der Waals surface area contributed by atoms with Crippen molar-refractivity contribution in [1.82, 2.24) is 15.0 Å². The Balaban J connectivity index is 1.71. The molecule has 1 aliphatic rings. The van der Waals surface area contributed by atoms with Gasteiger partial charge >= 0.3 is 0 Å². The normalized spacial score (nSPS) is 16.7. The topological polar surface area (TPSA) is 56.7 Å². The first-order chi connectivity index (χ1) is 8.84. The highest BCUT2D eigenvalue weighted by atomic mass is 15.4. The summed E-state index contributed by atoms with van der Waals surface area (Å²) in [6, 6.07) is 10.4. The van der Waals surface area contributed by atoms with Gasteiger partial charge in [-0.1, -0.05) is 23.4 Å². The van der Waals surface area contributed by atoms with Gasteiger partial charge in [-0.15, -0.1) is 5.10 Å². The third-order valence-corrected chi connectivity index (χ3v) is 3.58. The fourth-order valence-electron chi connectivity index (χ4n) is 2.29. The minimum absolute atomic E-state index is 0.337. The van der Waals surface area contributed by atoms with Gasteiger partial charge in [-0.05, 0) is 43.7 Å². The Morgan fingerprint density at radius 1 is 1.28 bits per heavy atom. The summed E-state index contributed by atoms with van der Waals surface area (Å²) in [5, 5.41) is 8.16. The predicted octanol–water partition coefficient (Wildman–Crippen LogP) is 1.94. The maximum absolute atomic E-state index is 6.13. The quantitative estimate of drug-likeness (QED) is 0.871. The van der Waals surface area contributed by atoms with Gasteiger partial charge in [-0.25, -0.2) is 4.68 Å². The summed E-state index contributed by atoms with van der Waals surface area (Å²) in [5.74, 6) is 0.756. The first-order valence-corrected chi connectivity index (χ1v) is 6.55. The molecule has 0 aliphatic heterocycles. The highest BCUT2D eigenvalue weighted by molar-refractivity contribution is 5.31. The van der Waals surface area contributed by atoms with E-state index in [1.807, 2.05) is 41.2 Å². The number of nitrogens with two attached hydrogens (primary N) is 1. The zero-order valence-electron chi connectivity index (χ0n) is 10.4. The molecule has 0 saturated heterocycles. The van der Waals surface area contributed by atoms with Crippen LogP contribution in [0.2, 0.25) is 0 Å². The van der Waals surface area contributed by atoms with E-state index in [9.17, 15) is 0 Å². The molecule has 1 aromatic heterocycles. The van der Waals surface area contributed by atoms with E-state index >= 15 is 0 Å². The summed E-state index contributed by atoms with van der Waals surface area (Å²) in [6.07, 6.45) is 6.41. The summed E-state index contributed by atoms with van der Waals surface area (Å²) in [6.45, 7) is 0. The van der Waals surface area contributed by atoms with E-state index in [1.54, 1.807) is 0 Å². The summed E-state index contributed by atoms with van der Waals surface area (Å²) in [5.41, 5.74) is 8.33. The van der Waals surface area contributed by atoms with Gasteiger partial charge < -0.3 is 5.73 Å². The minimum Gasteiger partial charge on any atom is -0.327 e. The largest absolute Gasteiger partial charge is 0.327 e. The number of rotatable bonds is 5. The molecule has 1 fully saturated rings. The minimum atomic E-state index is 0.337. The zero-order valence-corrected chi connectivity index (χ0v) is 10.4. The van der Waals surface area contributed by atoms with Crippen LogP contribution >= 0.6 is 0 Å². The van der Waals surface area contributed by atoms with Crippen LogP contribution in [0.4, 0.5) is 0 Å². The van der Waals surface area contributed by atoms with E-state index in [0.29, 0.717) is 6.04 Å². The van der Waals surface area contributed by atoms with Crippen molar-refractivity contribution in [1.29, 1.82) is 0 Å². The second-order valence-electron chi connectivity index (χ2n) is 5.01. The molecular weight excluding hydrogens is 224 g/mol. The van der Waals surface area contributed by atoms with Crippen LogP contribution in [-0.2, 0) is 6.42 Å². The molecule has 0 spiro atoms. The van der Waals surface area contributed by atoms with Gasteiger partial charge in [0.2, 0.25) is 0 Å². The maximum Gasteiger partial charge on any atom is 0.0729 e. The second kappa shape index (κ2) is 4.90. The molecule has 4 nitrogen and oxygen atoms in total. The number of para-hydroxylation sites is 1. The average molecular weight is 242 g/mol. The van der Waals surface area contributed by atoms with E-state index < -0.39 is 0 Å². The third-order valence-electron chi connectivity index (χ3n) is 3.58. The zero-order chi connectivity index (χ0) is 12.4. The lowest BCUT2D eigenvalue weighted by Gasteiger charge is -2.10. The SMILES string of the molecule is NC(CCc1cnnn1-c1ccccc1)C1CC1. The Labute approximate surface area is 107 Å². The first kappa shape index (κ1) is 11.4. The van der Waals surface area contributed by atoms with Crippen molar-refractivity contribution in [2.45, 2.75) is 31.7 Å². The van der Waals surface area contributed by atoms with Crippen LogP contribution in [0.25, 0.3) is 5.69 Å². The molecule has 0 amide bonds. The molecule has 2 N–H and O–H groups in total. The maximum atomic E-state index is 6.13. The number of nitrogens with zero attached hydrogens (tertiary/aromatic N) is 3. The van der Waals surface area contributed by atoms with Crippen molar-refractivity contribution >= 4 is 0 Å². The molecule has 94 valence electrons. The van der Waals surface area contributed by atoms with E-state index in [-0.39, 0.29) is 0 Å². The Hall–Kier alpha value is -1.68. The smallest absolute Gasteiger partial charge is 0.0729 e. The van der Waals surface area contributed by atoms with Crippen molar-refractivity contribution < 1.29 is 0 Å². The molecule has 0 bridgehead atoms. The second-order valence-corrected chi connectivity index (χ2v) is 5.01. The van der Waals surface area contributed by atoms with Crippen LogP contribution in [0, 0.1) is 5.92 Å². The van der Waals surface area contributed by atoms with Gasteiger partial charge in [-0.2, -0.15) is 0 Å². The monoisotopic (exact) mass is 242 g/mol. The number of benzene rings is 1. The number of hydrogen-bond donors (Lipinski definition) is 1. The lowest BCUT2D eigenvalue weighted by Crippen LogP contribution is -2.23. The third kappa shape index (κ3) is 2.43. The van der Waals surface area contributed by atoms with Crippen LogP contribution in [0.15, 0.2) is 36.5 Å². The van der Waals surface area contributed by atoms with Gasteiger partial charge in [-0.3, -0.25) is 0 Å². The summed E-state index contributed by atoms with van der Waals surface area (Å²) >= 11 is 0. The molecule has 1 heterocycles. The van der Waals surface area contributed by atoms with Crippen LogP contribution in [0.5, 0.6) is 0 Å². The number of hydrogen-bond acceptors (Lipinski definition) is 3. The summed E-state index contributed by atoms with van der Waals surface area (Å²) in [7, 11) is 0. The molecule has 1 unspecified atom stereocenters. The highest BCUT2D eigenvalue weighted by Gasteiger charge is 2.28. The molecule has 1 aromatic carbocycles. The van der Waals surface area contributed by atoms with Gasteiger partial charge in [0.1, 0.15) is 0 Å². The van der Waals surface area contributed by atoms with E-state index in [0.717, 1.165) is 30.1 Å². The predicted molar refractivity (Wildman–Crippen MR) is 70.4 cm³/mol.